The van der Waals surface area contributed by atoms with Gasteiger partial charge in [-0.25, -0.2) is 0 Å². The average Bonchev–Trinajstić information content (AvgIpc) is 2.37. The molecule has 2 fully saturated rings. The lowest BCUT2D eigenvalue weighted by Gasteiger charge is -2.49. The van der Waals surface area contributed by atoms with Gasteiger partial charge in [-0.15, -0.1) is 0 Å². The Labute approximate surface area is 117 Å². The predicted molar refractivity (Wildman–Crippen MR) is 76.1 cm³/mol. The van der Waals surface area contributed by atoms with E-state index in [0.29, 0.717) is 0 Å². The Balaban J connectivity index is 2.04. The molecule has 1 atom stereocenters. The van der Waals surface area contributed by atoms with Crippen molar-refractivity contribution >= 4 is 5.91 Å². The summed E-state index contributed by atoms with van der Waals surface area (Å²) in [6.07, 6.45) is 3.04. The minimum absolute atomic E-state index is 0.0632. The van der Waals surface area contributed by atoms with E-state index in [4.69, 9.17) is 4.74 Å². The second-order valence-electron chi connectivity index (χ2n) is 6.66. The van der Waals surface area contributed by atoms with Crippen LogP contribution < -0.4 is 0 Å². The Kier molecular flexibility index (Phi) is 4.21. The van der Waals surface area contributed by atoms with Gasteiger partial charge in [-0.2, -0.15) is 0 Å². The van der Waals surface area contributed by atoms with Crippen LogP contribution in [0.5, 0.6) is 0 Å². The molecule has 0 bridgehead atoms. The lowest BCUT2D eigenvalue weighted by atomic mass is 9.92. The number of nitrogens with zero attached hydrogens (tertiary/aromatic N) is 2. The highest BCUT2D eigenvalue weighted by molar-refractivity contribution is 5.85. The van der Waals surface area contributed by atoms with Crippen molar-refractivity contribution in [1.29, 1.82) is 0 Å². The van der Waals surface area contributed by atoms with E-state index in [9.17, 15) is 4.79 Å². The van der Waals surface area contributed by atoms with E-state index in [0.717, 1.165) is 52.0 Å². The molecule has 19 heavy (non-hydrogen) atoms. The first-order chi connectivity index (χ1) is 8.89. The van der Waals surface area contributed by atoms with Crippen LogP contribution in [-0.4, -0.2) is 59.6 Å². The maximum absolute atomic E-state index is 12.7. The molecule has 0 saturated carbocycles. The van der Waals surface area contributed by atoms with Gasteiger partial charge in [-0.3, -0.25) is 9.69 Å². The molecule has 0 N–H and O–H groups in total. The maximum Gasteiger partial charge on any atom is 0.254 e. The lowest BCUT2D eigenvalue weighted by Crippen LogP contribution is -2.63. The Morgan fingerprint density at radius 2 is 1.95 bits per heavy atom. The van der Waals surface area contributed by atoms with Gasteiger partial charge in [0.2, 0.25) is 0 Å². The lowest BCUT2D eigenvalue weighted by molar-refractivity contribution is -0.166. The summed E-state index contributed by atoms with van der Waals surface area (Å²) in [5.74, 6) is 0.191. The maximum atomic E-state index is 12.7. The van der Waals surface area contributed by atoms with Gasteiger partial charge in [0.25, 0.3) is 5.91 Å². The smallest absolute Gasteiger partial charge is 0.254 e. The van der Waals surface area contributed by atoms with Crippen LogP contribution in [0.4, 0.5) is 0 Å². The van der Waals surface area contributed by atoms with Crippen LogP contribution in [0.3, 0.4) is 0 Å². The standard InChI is InChI=1S/C15H28N2O2/c1-5-17-10-9-16(12-14(17,2)3)13(18)15(4)8-6-7-11-19-15/h5-12H2,1-4H3/t15-/m1/s1. The van der Waals surface area contributed by atoms with Crippen LogP contribution in [0.25, 0.3) is 0 Å². The van der Waals surface area contributed by atoms with Crippen molar-refractivity contribution in [2.45, 2.75) is 58.1 Å². The van der Waals surface area contributed by atoms with E-state index in [1.165, 1.54) is 0 Å². The number of rotatable bonds is 2. The fourth-order valence-corrected chi connectivity index (χ4v) is 3.39. The number of amides is 1. The van der Waals surface area contributed by atoms with Crippen molar-refractivity contribution < 1.29 is 9.53 Å². The molecule has 2 rings (SSSR count). The number of likely N-dealkylation sites (N-methyl/N-ethyl adjacent to an activating group) is 1. The molecule has 0 aromatic heterocycles. The molecule has 2 heterocycles. The molecule has 4 nitrogen and oxygen atoms in total. The summed E-state index contributed by atoms with van der Waals surface area (Å²) < 4.78 is 5.80. The summed E-state index contributed by atoms with van der Waals surface area (Å²) in [6, 6.07) is 0. The second kappa shape index (κ2) is 5.41. The summed E-state index contributed by atoms with van der Waals surface area (Å²) in [4.78, 5) is 17.2. The van der Waals surface area contributed by atoms with E-state index in [-0.39, 0.29) is 11.4 Å². The molecular weight excluding hydrogens is 240 g/mol. The Hall–Kier alpha value is -0.610. The fraction of sp³-hybridized carbons (Fsp3) is 0.933. The van der Waals surface area contributed by atoms with Gasteiger partial charge in [0, 0.05) is 31.8 Å². The van der Waals surface area contributed by atoms with Crippen LogP contribution in [0.15, 0.2) is 0 Å². The minimum Gasteiger partial charge on any atom is -0.365 e. The number of ether oxygens (including phenoxy) is 1. The third-order valence-corrected chi connectivity index (χ3v) is 4.66. The summed E-state index contributed by atoms with van der Waals surface area (Å²) in [7, 11) is 0. The third-order valence-electron chi connectivity index (χ3n) is 4.66. The highest BCUT2D eigenvalue weighted by Gasteiger charge is 2.43. The second-order valence-corrected chi connectivity index (χ2v) is 6.66. The number of carbonyl (C=O) groups excluding carboxylic acids is 1. The molecule has 1 amide bonds. The average molecular weight is 268 g/mol. The summed E-state index contributed by atoms with van der Waals surface area (Å²) >= 11 is 0. The first kappa shape index (κ1) is 14.8. The largest absolute Gasteiger partial charge is 0.365 e. The van der Waals surface area contributed by atoms with Crippen LogP contribution in [0, 0.1) is 0 Å². The molecule has 0 aromatic rings. The first-order valence-electron chi connectivity index (χ1n) is 7.57. The van der Waals surface area contributed by atoms with Gasteiger partial charge in [0.15, 0.2) is 0 Å². The van der Waals surface area contributed by atoms with Gasteiger partial charge in [-0.1, -0.05) is 6.92 Å². The van der Waals surface area contributed by atoms with Gasteiger partial charge < -0.3 is 9.64 Å². The van der Waals surface area contributed by atoms with Crippen molar-refractivity contribution in [3.63, 3.8) is 0 Å². The molecule has 2 aliphatic heterocycles. The predicted octanol–water partition coefficient (Wildman–Crippen LogP) is 1.89. The third kappa shape index (κ3) is 2.95. The molecule has 4 heteroatoms. The van der Waals surface area contributed by atoms with Crippen LogP contribution in [-0.2, 0) is 9.53 Å². The van der Waals surface area contributed by atoms with Gasteiger partial charge in [0.05, 0.1) is 0 Å². The molecule has 0 spiro atoms. The Morgan fingerprint density at radius 3 is 2.47 bits per heavy atom. The van der Waals surface area contributed by atoms with Crippen molar-refractivity contribution in [3.8, 4) is 0 Å². The van der Waals surface area contributed by atoms with E-state index in [1.807, 2.05) is 11.8 Å². The summed E-state index contributed by atoms with van der Waals surface area (Å²) in [6.45, 7) is 13.0. The highest BCUT2D eigenvalue weighted by Crippen LogP contribution is 2.29. The first-order valence-corrected chi connectivity index (χ1v) is 7.57. The van der Waals surface area contributed by atoms with E-state index in [2.05, 4.69) is 25.7 Å². The molecule has 2 saturated heterocycles. The van der Waals surface area contributed by atoms with E-state index >= 15 is 0 Å². The number of hydrogen-bond acceptors (Lipinski definition) is 3. The van der Waals surface area contributed by atoms with Crippen molar-refractivity contribution in [1.82, 2.24) is 9.80 Å². The van der Waals surface area contributed by atoms with Crippen LogP contribution >= 0.6 is 0 Å². The van der Waals surface area contributed by atoms with E-state index in [1.54, 1.807) is 0 Å². The number of carbonyl (C=O) groups is 1. The SMILES string of the molecule is CCN1CCN(C(=O)[C@@]2(C)CCCCO2)CC1(C)C. The zero-order valence-corrected chi connectivity index (χ0v) is 12.9. The van der Waals surface area contributed by atoms with Gasteiger partial charge in [-0.05, 0) is 46.6 Å². The van der Waals surface area contributed by atoms with Crippen LogP contribution in [0.1, 0.15) is 47.0 Å². The Bertz CT molecular complexity index is 335. The molecule has 0 unspecified atom stereocenters. The van der Waals surface area contributed by atoms with Crippen molar-refractivity contribution in [2.75, 3.05) is 32.8 Å². The highest BCUT2D eigenvalue weighted by atomic mass is 16.5. The zero-order chi connectivity index (χ0) is 14.1. The van der Waals surface area contributed by atoms with Gasteiger partial charge >= 0.3 is 0 Å². The molecule has 0 aromatic carbocycles. The summed E-state index contributed by atoms with van der Waals surface area (Å²) in [5.41, 5.74) is -0.517. The zero-order valence-electron chi connectivity index (χ0n) is 12.9. The summed E-state index contributed by atoms with van der Waals surface area (Å²) in [5, 5.41) is 0. The topological polar surface area (TPSA) is 32.8 Å². The number of piperazine rings is 1. The molecular formula is C15H28N2O2. The van der Waals surface area contributed by atoms with Gasteiger partial charge in [0.1, 0.15) is 5.60 Å². The normalized spacial score (nSPS) is 32.3. The van der Waals surface area contributed by atoms with Crippen molar-refractivity contribution in [2.24, 2.45) is 0 Å². The quantitative estimate of drug-likeness (QED) is 0.766. The van der Waals surface area contributed by atoms with E-state index < -0.39 is 5.60 Å². The monoisotopic (exact) mass is 268 g/mol. The molecule has 0 radical (unpaired) electrons. The van der Waals surface area contributed by atoms with Crippen LogP contribution in [0.2, 0.25) is 0 Å². The number of hydrogen-bond donors (Lipinski definition) is 0. The molecule has 110 valence electrons. The Morgan fingerprint density at radius 1 is 1.21 bits per heavy atom. The van der Waals surface area contributed by atoms with Crippen molar-refractivity contribution in [3.05, 3.63) is 0 Å². The molecule has 2 aliphatic rings. The molecule has 0 aliphatic carbocycles. The minimum atomic E-state index is -0.581. The fourth-order valence-electron chi connectivity index (χ4n) is 3.39.